The Morgan fingerprint density at radius 1 is 1.12 bits per heavy atom. The fourth-order valence-corrected chi connectivity index (χ4v) is 2.99. The Morgan fingerprint density at radius 3 is 2.17 bits per heavy atom. The molecule has 0 saturated heterocycles. The predicted octanol–water partition coefficient (Wildman–Crippen LogP) is 3.59. The Labute approximate surface area is 166 Å². The van der Waals surface area contributed by atoms with Crippen molar-refractivity contribution >= 4 is 39.8 Å². The normalized spacial score (nSPS) is 14.2. The smallest absolute Gasteiger partial charge is 0.191 e. The van der Waals surface area contributed by atoms with Gasteiger partial charge in [0.2, 0.25) is 0 Å². The van der Waals surface area contributed by atoms with Gasteiger partial charge in [-0.25, -0.2) is 8.42 Å². The zero-order valence-electron chi connectivity index (χ0n) is 16.5. The van der Waals surface area contributed by atoms with Gasteiger partial charge in [-0.1, -0.05) is 26.7 Å². The maximum Gasteiger partial charge on any atom is 0.191 e. The Bertz CT molecular complexity index is 457. The van der Waals surface area contributed by atoms with E-state index in [1.807, 2.05) is 6.92 Å². The van der Waals surface area contributed by atoms with E-state index < -0.39 is 14.6 Å². The average molecular weight is 475 g/mol. The van der Waals surface area contributed by atoms with Crippen LogP contribution in [0.2, 0.25) is 0 Å². The van der Waals surface area contributed by atoms with Crippen molar-refractivity contribution in [1.82, 2.24) is 10.6 Å². The van der Waals surface area contributed by atoms with Crippen LogP contribution in [0.15, 0.2) is 4.99 Å². The van der Waals surface area contributed by atoms with Crippen molar-refractivity contribution in [1.29, 1.82) is 0 Å². The number of hydrogen-bond donors (Lipinski definition) is 2. The Balaban J connectivity index is 0. The second-order valence-corrected chi connectivity index (χ2v) is 10.4. The zero-order valence-corrected chi connectivity index (χ0v) is 19.6. The molecule has 0 radical (unpaired) electrons. The largest absolute Gasteiger partial charge is 0.357 e. The molecule has 0 spiro atoms. The maximum absolute atomic E-state index is 12.1. The molecule has 0 aliphatic carbocycles. The lowest BCUT2D eigenvalue weighted by Crippen LogP contribution is -2.42. The summed E-state index contributed by atoms with van der Waals surface area (Å²) in [6, 6.07) is 0.325. The summed E-state index contributed by atoms with van der Waals surface area (Å²) in [6.07, 6.45) is 3.50. The number of hydrogen-bond acceptors (Lipinski definition) is 3. The number of nitrogens with zero attached hydrogens (tertiary/aromatic N) is 1. The standard InChI is InChI=1S/C17H37N3O2S.HI/c1-8-18-16(20-15(4)11-9-10-14(2)3)19-12-13-23(21,22)17(5,6)7;/h14-15H,8-13H2,1-7H3,(H2,18,19,20);1H. The van der Waals surface area contributed by atoms with Crippen LogP contribution in [0.4, 0.5) is 0 Å². The molecule has 0 saturated carbocycles. The van der Waals surface area contributed by atoms with E-state index in [1.165, 1.54) is 12.8 Å². The Hall–Kier alpha value is -0.0500. The van der Waals surface area contributed by atoms with Gasteiger partial charge < -0.3 is 10.6 Å². The monoisotopic (exact) mass is 475 g/mol. The Morgan fingerprint density at radius 2 is 1.71 bits per heavy atom. The minimum Gasteiger partial charge on any atom is -0.357 e. The summed E-state index contributed by atoms with van der Waals surface area (Å²) < 4.78 is 23.5. The highest BCUT2D eigenvalue weighted by molar-refractivity contribution is 14.0. The van der Waals surface area contributed by atoms with Gasteiger partial charge in [0.25, 0.3) is 0 Å². The Kier molecular flexibility index (Phi) is 13.4. The number of nitrogens with one attached hydrogen (secondary N) is 2. The summed E-state index contributed by atoms with van der Waals surface area (Å²) in [5, 5.41) is 6.54. The van der Waals surface area contributed by atoms with Crippen molar-refractivity contribution in [2.45, 2.75) is 78.5 Å². The summed E-state index contributed by atoms with van der Waals surface area (Å²) >= 11 is 0. The highest BCUT2D eigenvalue weighted by atomic mass is 127. The van der Waals surface area contributed by atoms with Gasteiger partial charge in [-0.15, -0.1) is 24.0 Å². The molecule has 24 heavy (non-hydrogen) atoms. The number of sulfone groups is 1. The van der Waals surface area contributed by atoms with Gasteiger partial charge in [-0.05, 0) is 47.0 Å². The van der Waals surface area contributed by atoms with Gasteiger partial charge in [-0.3, -0.25) is 4.99 Å². The molecular weight excluding hydrogens is 437 g/mol. The lowest BCUT2D eigenvalue weighted by atomic mass is 10.0. The molecule has 0 fully saturated rings. The molecule has 0 bridgehead atoms. The topological polar surface area (TPSA) is 70.6 Å². The molecule has 1 unspecified atom stereocenters. The van der Waals surface area contributed by atoms with Crippen LogP contribution in [0.1, 0.15) is 67.7 Å². The number of rotatable bonds is 9. The van der Waals surface area contributed by atoms with Crippen LogP contribution in [0.25, 0.3) is 0 Å². The third-order valence-corrected chi connectivity index (χ3v) is 6.29. The molecule has 0 aromatic heterocycles. The first-order valence-electron chi connectivity index (χ1n) is 8.76. The second-order valence-electron chi connectivity index (χ2n) is 7.56. The average Bonchev–Trinajstić information content (AvgIpc) is 2.36. The lowest BCUT2D eigenvalue weighted by molar-refractivity contribution is 0.491. The minimum atomic E-state index is -3.12. The molecule has 0 heterocycles. The minimum absolute atomic E-state index is 0. The van der Waals surface area contributed by atoms with E-state index in [0.29, 0.717) is 12.0 Å². The molecule has 1 atom stereocenters. The molecule has 0 rings (SSSR count). The quantitative estimate of drug-likeness (QED) is 0.304. The van der Waals surface area contributed by atoms with E-state index in [-0.39, 0.29) is 36.3 Å². The molecule has 146 valence electrons. The number of halogens is 1. The van der Waals surface area contributed by atoms with Gasteiger partial charge in [0.1, 0.15) is 0 Å². The van der Waals surface area contributed by atoms with E-state index in [0.717, 1.165) is 18.9 Å². The van der Waals surface area contributed by atoms with E-state index in [9.17, 15) is 8.42 Å². The van der Waals surface area contributed by atoms with Gasteiger partial charge in [0.05, 0.1) is 17.0 Å². The highest BCUT2D eigenvalue weighted by Gasteiger charge is 2.28. The first-order valence-corrected chi connectivity index (χ1v) is 10.4. The van der Waals surface area contributed by atoms with Crippen molar-refractivity contribution in [2.24, 2.45) is 10.9 Å². The summed E-state index contributed by atoms with van der Waals surface area (Å²) in [4.78, 5) is 4.41. The van der Waals surface area contributed by atoms with Crippen LogP contribution >= 0.6 is 24.0 Å². The molecule has 5 nitrogen and oxygen atoms in total. The van der Waals surface area contributed by atoms with Crippen molar-refractivity contribution in [2.75, 3.05) is 18.8 Å². The molecular formula is C17H38IN3O2S. The van der Waals surface area contributed by atoms with Crippen molar-refractivity contribution < 1.29 is 8.42 Å². The fraction of sp³-hybridized carbons (Fsp3) is 0.941. The van der Waals surface area contributed by atoms with Crippen molar-refractivity contribution in [3.8, 4) is 0 Å². The van der Waals surface area contributed by atoms with Gasteiger partial charge in [0.15, 0.2) is 15.8 Å². The molecule has 0 aromatic carbocycles. The third kappa shape index (κ3) is 11.5. The van der Waals surface area contributed by atoms with Crippen LogP contribution in [0, 0.1) is 5.92 Å². The summed E-state index contributed by atoms with van der Waals surface area (Å²) in [5.41, 5.74) is 0. The van der Waals surface area contributed by atoms with Crippen LogP contribution < -0.4 is 10.6 Å². The van der Waals surface area contributed by atoms with Crippen molar-refractivity contribution in [3.63, 3.8) is 0 Å². The first kappa shape index (κ1) is 26.2. The van der Waals surface area contributed by atoms with Crippen molar-refractivity contribution in [3.05, 3.63) is 0 Å². The second kappa shape index (κ2) is 12.3. The summed E-state index contributed by atoms with van der Waals surface area (Å²) in [5.74, 6) is 1.51. The van der Waals surface area contributed by atoms with Crippen LogP contribution in [-0.4, -0.2) is 44.0 Å². The fourth-order valence-electron chi connectivity index (χ4n) is 2.04. The van der Waals surface area contributed by atoms with Gasteiger partial charge >= 0.3 is 0 Å². The van der Waals surface area contributed by atoms with Crippen LogP contribution in [-0.2, 0) is 9.84 Å². The highest BCUT2D eigenvalue weighted by Crippen LogP contribution is 2.15. The number of guanidine groups is 1. The summed E-state index contributed by atoms with van der Waals surface area (Å²) in [7, 11) is -3.12. The molecule has 0 aliphatic rings. The zero-order chi connectivity index (χ0) is 18.1. The predicted molar refractivity (Wildman–Crippen MR) is 116 cm³/mol. The van der Waals surface area contributed by atoms with Crippen LogP contribution in [0.5, 0.6) is 0 Å². The number of aliphatic imine (C=N–C) groups is 1. The molecule has 2 N–H and O–H groups in total. The lowest BCUT2D eigenvalue weighted by Gasteiger charge is -2.20. The van der Waals surface area contributed by atoms with E-state index >= 15 is 0 Å². The SMILES string of the molecule is CCNC(=NCCS(=O)(=O)C(C)(C)C)NC(C)CCCC(C)C.I. The molecule has 0 amide bonds. The van der Waals surface area contributed by atoms with Crippen LogP contribution in [0.3, 0.4) is 0 Å². The third-order valence-electron chi connectivity index (χ3n) is 3.71. The first-order chi connectivity index (χ1) is 10.5. The maximum atomic E-state index is 12.1. The van der Waals surface area contributed by atoms with E-state index in [4.69, 9.17) is 0 Å². The van der Waals surface area contributed by atoms with E-state index in [1.54, 1.807) is 20.8 Å². The molecule has 0 aromatic rings. The van der Waals surface area contributed by atoms with E-state index in [2.05, 4.69) is 36.4 Å². The summed E-state index contributed by atoms with van der Waals surface area (Å²) in [6.45, 7) is 14.8. The van der Waals surface area contributed by atoms with Gasteiger partial charge in [-0.2, -0.15) is 0 Å². The molecule has 7 heteroatoms. The van der Waals surface area contributed by atoms with Gasteiger partial charge in [0, 0.05) is 12.6 Å². The molecule has 0 aliphatic heterocycles.